The van der Waals surface area contributed by atoms with Crippen molar-refractivity contribution in [3.63, 3.8) is 0 Å². The molecule has 2 aliphatic heterocycles. The largest absolute Gasteiger partial charge is 0.497 e. The van der Waals surface area contributed by atoms with Gasteiger partial charge in [0.2, 0.25) is 0 Å². The number of nitrogens with one attached hydrogen (secondary N) is 1. The number of benzene rings is 3. The smallest absolute Gasteiger partial charge is 0.344 e. The molecule has 0 aliphatic carbocycles. The molecule has 3 aromatic carbocycles. The van der Waals surface area contributed by atoms with Gasteiger partial charge in [-0.3, -0.25) is 9.36 Å². The molecule has 2 aliphatic rings. The average molecular weight is 657 g/mol. The molecule has 6 rings (SSSR count). The fraction of sp³-hybridized carbons (Fsp3) is 0.400. The number of carbonyl (C=O) groups excluding carboxylic acids is 1. The maximum absolute atomic E-state index is 14.5. The van der Waals surface area contributed by atoms with Crippen LogP contribution in [0.3, 0.4) is 0 Å². The summed E-state index contributed by atoms with van der Waals surface area (Å²) in [6, 6.07) is 21.0. The van der Waals surface area contributed by atoms with E-state index >= 15 is 0 Å². The van der Waals surface area contributed by atoms with Crippen molar-refractivity contribution in [1.29, 1.82) is 5.26 Å². The molecule has 2 fully saturated rings. The van der Waals surface area contributed by atoms with Gasteiger partial charge in [-0.15, -0.1) is 0 Å². The molecule has 11 nitrogen and oxygen atoms in total. The first-order chi connectivity index (χ1) is 22.6. The summed E-state index contributed by atoms with van der Waals surface area (Å²) in [4.78, 5) is 33.1. The summed E-state index contributed by atoms with van der Waals surface area (Å²) >= 11 is 0. The number of ether oxygens (including phenoxy) is 1. The van der Waals surface area contributed by atoms with Gasteiger partial charge in [-0.05, 0) is 94.2 Å². The van der Waals surface area contributed by atoms with Gasteiger partial charge in [0.15, 0.2) is 0 Å². The Morgan fingerprint density at radius 3 is 2.26 bits per heavy atom. The first-order valence-electron chi connectivity index (χ1n) is 16.0. The standard InChI is InChI=1S/C35H40N6O5S/c1-24(2)38-18-15-27(16-19-38)37-28-17-20-39(23-28)34(42)33(26-7-5-4-6-8-26)40-32-21-25(22-36)9-14-31(32)41(35(40)43)47(44,45)30-12-10-29(46-3)11-13-30/h4-14,21,24,27-28,33,37H,15-20,23H2,1-3H3/t28-,33?/m0/s1. The van der Waals surface area contributed by atoms with Crippen LogP contribution in [0, 0.1) is 11.3 Å². The lowest BCUT2D eigenvalue weighted by molar-refractivity contribution is -0.132. The number of amides is 1. The molecule has 1 unspecified atom stereocenters. The molecular formula is C35H40N6O5S. The van der Waals surface area contributed by atoms with E-state index in [1.807, 2.05) is 6.07 Å². The Hall–Kier alpha value is -4.44. The van der Waals surface area contributed by atoms with Crippen molar-refractivity contribution in [2.75, 3.05) is 33.3 Å². The fourth-order valence-corrected chi connectivity index (χ4v) is 8.22. The first kappa shape index (κ1) is 32.5. The maximum atomic E-state index is 14.5. The highest BCUT2D eigenvalue weighted by Gasteiger charge is 2.37. The number of nitriles is 1. The van der Waals surface area contributed by atoms with Crippen LogP contribution in [0.4, 0.5) is 0 Å². The molecule has 2 atom stereocenters. The van der Waals surface area contributed by atoms with Gasteiger partial charge in [-0.25, -0.2) is 13.2 Å². The van der Waals surface area contributed by atoms with Crippen molar-refractivity contribution >= 4 is 27.0 Å². The van der Waals surface area contributed by atoms with Crippen LogP contribution in [0.1, 0.15) is 50.3 Å². The molecule has 4 aromatic rings. The number of hydrogen-bond donors (Lipinski definition) is 1. The Labute approximate surface area is 275 Å². The lowest BCUT2D eigenvalue weighted by atomic mass is 10.0. The third-order valence-corrected chi connectivity index (χ3v) is 11.1. The van der Waals surface area contributed by atoms with E-state index < -0.39 is 21.8 Å². The van der Waals surface area contributed by atoms with Gasteiger partial charge in [0.25, 0.3) is 15.9 Å². The third kappa shape index (κ3) is 6.31. The van der Waals surface area contributed by atoms with Crippen LogP contribution < -0.4 is 15.7 Å². The van der Waals surface area contributed by atoms with Crippen molar-refractivity contribution < 1.29 is 17.9 Å². The molecule has 2 saturated heterocycles. The lowest BCUT2D eigenvalue weighted by Gasteiger charge is -2.36. The molecule has 12 heteroatoms. The number of hydrogen-bond acceptors (Lipinski definition) is 8. The second-order valence-electron chi connectivity index (χ2n) is 12.6. The van der Waals surface area contributed by atoms with Gasteiger partial charge in [0.05, 0.1) is 34.7 Å². The molecule has 3 heterocycles. The molecule has 0 radical (unpaired) electrons. The highest BCUT2D eigenvalue weighted by atomic mass is 32.2. The van der Waals surface area contributed by atoms with E-state index in [1.54, 1.807) is 29.2 Å². The van der Waals surface area contributed by atoms with Crippen molar-refractivity contribution in [3.05, 3.63) is 94.4 Å². The summed E-state index contributed by atoms with van der Waals surface area (Å²) in [6.07, 6.45) is 2.88. The summed E-state index contributed by atoms with van der Waals surface area (Å²) in [6.45, 7) is 7.50. The molecule has 0 bridgehead atoms. The molecule has 1 amide bonds. The van der Waals surface area contributed by atoms with Crippen LogP contribution in [0.25, 0.3) is 11.0 Å². The van der Waals surface area contributed by atoms with E-state index in [-0.39, 0.29) is 33.4 Å². The number of imidazole rings is 1. The highest BCUT2D eigenvalue weighted by Crippen LogP contribution is 2.30. The summed E-state index contributed by atoms with van der Waals surface area (Å²) in [7, 11) is -2.93. The molecule has 47 heavy (non-hydrogen) atoms. The van der Waals surface area contributed by atoms with Crippen LogP contribution in [0.2, 0.25) is 0 Å². The molecule has 246 valence electrons. The summed E-state index contributed by atoms with van der Waals surface area (Å²) in [5.41, 5.74) is 0.143. The number of aromatic nitrogens is 2. The zero-order valence-electron chi connectivity index (χ0n) is 26.9. The number of fused-ring (bicyclic) bond motifs is 1. The minimum Gasteiger partial charge on any atom is -0.497 e. The summed E-state index contributed by atoms with van der Waals surface area (Å²) in [5, 5.41) is 13.5. The maximum Gasteiger partial charge on any atom is 0.344 e. The van der Waals surface area contributed by atoms with E-state index in [4.69, 9.17) is 4.74 Å². The van der Waals surface area contributed by atoms with E-state index in [2.05, 4.69) is 30.1 Å². The minimum atomic E-state index is -4.41. The number of methoxy groups -OCH3 is 1. The monoisotopic (exact) mass is 656 g/mol. The van der Waals surface area contributed by atoms with Crippen molar-refractivity contribution in [2.45, 2.75) is 62.2 Å². The number of nitrogens with zero attached hydrogens (tertiary/aromatic N) is 5. The second kappa shape index (κ2) is 13.4. The fourth-order valence-electron chi connectivity index (χ4n) is 6.82. The van der Waals surface area contributed by atoms with Crippen LogP contribution in [-0.2, 0) is 14.8 Å². The zero-order chi connectivity index (χ0) is 33.3. The molecule has 0 spiro atoms. The Kier molecular flexibility index (Phi) is 9.23. The Balaban J connectivity index is 1.39. The van der Waals surface area contributed by atoms with Crippen LogP contribution in [0.15, 0.2) is 82.5 Å². The van der Waals surface area contributed by atoms with Gasteiger partial charge in [0, 0.05) is 31.2 Å². The Morgan fingerprint density at radius 2 is 1.62 bits per heavy atom. The SMILES string of the molecule is COc1ccc(S(=O)(=O)n2c(=O)n(C(C(=O)N3CC[C@H](NC4CCN(C(C)C)CC4)C3)c3ccccc3)c3cc(C#N)ccc32)cc1. The van der Waals surface area contributed by atoms with Gasteiger partial charge >= 0.3 is 5.69 Å². The van der Waals surface area contributed by atoms with E-state index in [0.29, 0.717) is 36.5 Å². The topological polar surface area (TPSA) is 130 Å². The average Bonchev–Trinajstić information content (AvgIpc) is 3.67. The number of piperidine rings is 1. The van der Waals surface area contributed by atoms with Crippen LogP contribution >= 0.6 is 0 Å². The first-order valence-corrected chi connectivity index (χ1v) is 17.5. The van der Waals surface area contributed by atoms with Crippen LogP contribution in [0.5, 0.6) is 5.75 Å². The van der Waals surface area contributed by atoms with E-state index in [9.17, 15) is 23.3 Å². The normalized spacial score (nSPS) is 18.4. The van der Waals surface area contributed by atoms with Crippen LogP contribution in [-0.4, -0.2) is 84.1 Å². The van der Waals surface area contributed by atoms with Gasteiger partial charge in [0.1, 0.15) is 11.8 Å². The zero-order valence-corrected chi connectivity index (χ0v) is 27.7. The van der Waals surface area contributed by atoms with Crippen molar-refractivity contribution in [2.24, 2.45) is 0 Å². The molecule has 1 N–H and O–H groups in total. The highest BCUT2D eigenvalue weighted by molar-refractivity contribution is 7.90. The van der Waals surface area contributed by atoms with Gasteiger partial charge in [-0.1, -0.05) is 30.3 Å². The molecule has 0 saturated carbocycles. The number of carbonyl (C=O) groups is 1. The van der Waals surface area contributed by atoms with Crippen molar-refractivity contribution in [3.8, 4) is 11.8 Å². The Bertz CT molecular complexity index is 1960. The number of likely N-dealkylation sites (tertiary alicyclic amines) is 2. The third-order valence-electron chi connectivity index (χ3n) is 9.40. The lowest BCUT2D eigenvalue weighted by Crippen LogP contribution is -2.49. The van der Waals surface area contributed by atoms with E-state index in [0.717, 1.165) is 36.3 Å². The molecular weight excluding hydrogens is 616 g/mol. The minimum absolute atomic E-state index is 0.0762. The predicted molar refractivity (Wildman–Crippen MR) is 179 cm³/mol. The van der Waals surface area contributed by atoms with Crippen molar-refractivity contribution in [1.82, 2.24) is 23.7 Å². The Morgan fingerprint density at radius 1 is 0.936 bits per heavy atom. The number of rotatable bonds is 9. The second-order valence-corrected chi connectivity index (χ2v) is 14.4. The summed E-state index contributed by atoms with van der Waals surface area (Å²) < 4.78 is 35.2. The van der Waals surface area contributed by atoms with E-state index in [1.165, 1.54) is 54.1 Å². The quantitative estimate of drug-likeness (QED) is 0.290. The van der Waals surface area contributed by atoms with Gasteiger partial charge in [-0.2, -0.15) is 9.23 Å². The predicted octanol–water partition coefficient (Wildman–Crippen LogP) is 3.57. The summed E-state index contributed by atoms with van der Waals surface area (Å²) in [5.74, 6) is 0.159. The molecule has 1 aromatic heterocycles. The van der Waals surface area contributed by atoms with Gasteiger partial charge < -0.3 is 19.9 Å².